The molecule has 0 spiro atoms. The second kappa shape index (κ2) is 6.05. The fourth-order valence-corrected chi connectivity index (χ4v) is 3.41. The first-order valence-electron chi connectivity index (χ1n) is 7.13. The summed E-state index contributed by atoms with van der Waals surface area (Å²) in [5.74, 6) is -1.16. The zero-order chi connectivity index (χ0) is 16.6. The van der Waals surface area contributed by atoms with Crippen molar-refractivity contribution in [2.45, 2.75) is 19.8 Å². The van der Waals surface area contributed by atoms with Crippen molar-refractivity contribution in [3.8, 4) is 0 Å². The number of unbranched alkanes of at least 4 members (excludes halogenated alkanes) is 1. The molecule has 2 heterocycles. The average molecular weight is 334 g/mol. The summed E-state index contributed by atoms with van der Waals surface area (Å²) in [5.41, 5.74) is 0.732. The fourth-order valence-electron chi connectivity index (χ4n) is 2.39. The Morgan fingerprint density at radius 2 is 2.13 bits per heavy atom. The lowest BCUT2D eigenvalue weighted by molar-refractivity contribution is 0.0954. The molecule has 120 valence electrons. The Morgan fingerprint density at radius 3 is 2.87 bits per heavy atom. The van der Waals surface area contributed by atoms with Gasteiger partial charge in [-0.3, -0.25) is 14.4 Å². The third kappa shape index (κ3) is 2.60. The summed E-state index contributed by atoms with van der Waals surface area (Å²) in [7, 11) is 0. The molecule has 2 aromatic rings. The van der Waals surface area contributed by atoms with Crippen LogP contribution >= 0.6 is 11.3 Å². The van der Waals surface area contributed by atoms with Gasteiger partial charge in [0.25, 0.3) is 5.91 Å². The Hall–Kier alpha value is -2.32. The zero-order valence-electron chi connectivity index (χ0n) is 12.3. The van der Waals surface area contributed by atoms with Crippen LogP contribution in [0.25, 0.3) is 0 Å². The number of aromatic nitrogens is 1. The smallest absolute Gasteiger partial charge is 0.261 e. The quantitative estimate of drug-likeness (QED) is 0.681. The van der Waals surface area contributed by atoms with Crippen molar-refractivity contribution in [2.24, 2.45) is 0 Å². The Balaban J connectivity index is 1.85. The maximum Gasteiger partial charge on any atom is 0.261 e. The molecule has 1 aliphatic rings. The Labute approximate surface area is 135 Å². The van der Waals surface area contributed by atoms with Crippen LogP contribution in [0, 0.1) is 6.92 Å². The number of hydrogen-bond donors (Lipinski definition) is 2. The van der Waals surface area contributed by atoms with E-state index in [1.165, 1.54) is 6.07 Å². The average Bonchev–Trinajstić information content (AvgIpc) is 3.14. The number of ketones is 2. The van der Waals surface area contributed by atoms with E-state index >= 15 is 0 Å². The number of aryl methyl sites for hydroxylation is 1. The molecule has 7 nitrogen and oxygen atoms in total. The summed E-state index contributed by atoms with van der Waals surface area (Å²) in [6.07, 6.45) is 1.26. The summed E-state index contributed by atoms with van der Waals surface area (Å²) in [6.45, 7) is 2.10. The number of nitrogens with zero attached hydrogens (tertiary/aromatic N) is 1. The van der Waals surface area contributed by atoms with E-state index in [2.05, 4.69) is 10.5 Å². The molecule has 3 rings (SSSR count). The normalized spacial score (nSPS) is 13.0. The van der Waals surface area contributed by atoms with Gasteiger partial charge in [0.2, 0.25) is 17.3 Å². The van der Waals surface area contributed by atoms with Gasteiger partial charge in [0.05, 0.1) is 21.0 Å². The van der Waals surface area contributed by atoms with E-state index < -0.39 is 5.78 Å². The van der Waals surface area contributed by atoms with Crippen LogP contribution in [0.3, 0.4) is 0 Å². The molecule has 0 aromatic carbocycles. The minimum absolute atomic E-state index is 0.0623. The second-order valence-corrected chi connectivity index (χ2v) is 6.22. The topological polar surface area (TPSA) is 110 Å². The Morgan fingerprint density at radius 1 is 1.35 bits per heavy atom. The fraction of sp³-hybridized carbons (Fsp3) is 0.333. The highest BCUT2D eigenvalue weighted by atomic mass is 32.1. The minimum Gasteiger partial charge on any atom is -0.396 e. The van der Waals surface area contributed by atoms with Gasteiger partial charge in [-0.25, -0.2) is 0 Å². The molecule has 8 heteroatoms. The number of thiophene rings is 1. The molecule has 1 amide bonds. The lowest BCUT2D eigenvalue weighted by Crippen LogP contribution is -2.23. The van der Waals surface area contributed by atoms with Crippen molar-refractivity contribution >= 4 is 28.8 Å². The maximum absolute atomic E-state index is 12.5. The van der Waals surface area contributed by atoms with Crippen LogP contribution in [0.5, 0.6) is 0 Å². The van der Waals surface area contributed by atoms with Crippen molar-refractivity contribution in [3.63, 3.8) is 0 Å². The zero-order valence-corrected chi connectivity index (χ0v) is 13.2. The van der Waals surface area contributed by atoms with Crippen molar-refractivity contribution in [2.75, 3.05) is 13.2 Å². The Kier molecular flexibility index (Phi) is 4.10. The molecule has 0 saturated heterocycles. The van der Waals surface area contributed by atoms with Crippen LogP contribution in [0.4, 0.5) is 0 Å². The van der Waals surface area contributed by atoms with Crippen LogP contribution in [0.2, 0.25) is 0 Å². The molecule has 0 bridgehead atoms. The highest BCUT2D eigenvalue weighted by molar-refractivity contribution is 7.16. The number of nitrogens with one attached hydrogen (secondary N) is 1. The summed E-state index contributed by atoms with van der Waals surface area (Å²) in [5, 5.41) is 15.1. The van der Waals surface area contributed by atoms with Gasteiger partial charge in [-0.05, 0) is 25.8 Å². The van der Waals surface area contributed by atoms with Crippen molar-refractivity contribution in [3.05, 3.63) is 38.4 Å². The standard InChI is InChI=1S/C15H14N2O5S/c1-7-10-12(20)14-8(11(19)13(10)22-17-7)6-9(23-14)15(21)16-4-2-3-5-18/h6,18H,2-5H2,1H3,(H,16,21). The summed E-state index contributed by atoms with van der Waals surface area (Å²) >= 11 is 0.994. The van der Waals surface area contributed by atoms with Gasteiger partial charge in [-0.15, -0.1) is 11.3 Å². The molecule has 0 fully saturated rings. The van der Waals surface area contributed by atoms with Crippen LogP contribution in [0.1, 0.15) is 59.6 Å². The van der Waals surface area contributed by atoms with Gasteiger partial charge >= 0.3 is 0 Å². The van der Waals surface area contributed by atoms with Gasteiger partial charge in [-0.2, -0.15) is 0 Å². The van der Waals surface area contributed by atoms with E-state index in [1.807, 2.05) is 0 Å². The first kappa shape index (κ1) is 15.6. The SMILES string of the molecule is Cc1noc2c1C(=O)c1sc(C(=O)NCCCCO)cc1C2=O. The molecular formula is C15H14N2O5S. The van der Waals surface area contributed by atoms with E-state index in [4.69, 9.17) is 9.63 Å². The van der Waals surface area contributed by atoms with Gasteiger partial charge in [-0.1, -0.05) is 5.16 Å². The third-order valence-corrected chi connectivity index (χ3v) is 4.71. The summed E-state index contributed by atoms with van der Waals surface area (Å²) in [4.78, 5) is 37.5. The summed E-state index contributed by atoms with van der Waals surface area (Å²) < 4.78 is 4.95. The van der Waals surface area contributed by atoms with E-state index in [0.717, 1.165) is 11.3 Å². The second-order valence-electron chi connectivity index (χ2n) is 5.17. The van der Waals surface area contributed by atoms with E-state index in [1.54, 1.807) is 6.92 Å². The number of amides is 1. The molecule has 1 aliphatic carbocycles. The van der Waals surface area contributed by atoms with Crippen LogP contribution in [0.15, 0.2) is 10.6 Å². The molecule has 0 atom stereocenters. The van der Waals surface area contributed by atoms with Crippen LogP contribution in [-0.2, 0) is 0 Å². The van der Waals surface area contributed by atoms with Crippen molar-refractivity contribution in [1.82, 2.24) is 10.5 Å². The lowest BCUT2D eigenvalue weighted by atomic mass is 9.93. The van der Waals surface area contributed by atoms with E-state index in [0.29, 0.717) is 30.0 Å². The number of aliphatic hydroxyl groups excluding tert-OH is 1. The monoisotopic (exact) mass is 334 g/mol. The molecule has 2 N–H and O–H groups in total. The minimum atomic E-state index is -0.425. The number of rotatable bonds is 5. The van der Waals surface area contributed by atoms with Crippen LogP contribution < -0.4 is 5.32 Å². The highest BCUT2D eigenvalue weighted by Crippen LogP contribution is 2.34. The first-order valence-corrected chi connectivity index (χ1v) is 7.94. The number of carbonyl (C=O) groups is 3. The molecular weight excluding hydrogens is 320 g/mol. The molecule has 2 aromatic heterocycles. The largest absolute Gasteiger partial charge is 0.396 e. The van der Waals surface area contributed by atoms with Crippen molar-refractivity contribution < 1.29 is 24.0 Å². The van der Waals surface area contributed by atoms with Gasteiger partial charge in [0.15, 0.2) is 0 Å². The molecule has 0 saturated carbocycles. The number of carbonyl (C=O) groups excluding carboxylic acids is 3. The molecule has 0 radical (unpaired) electrons. The maximum atomic E-state index is 12.5. The van der Waals surface area contributed by atoms with E-state index in [9.17, 15) is 14.4 Å². The third-order valence-electron chi connectivity index (χ3n) is 3.57. The Bertz CT molecular complexity index is 805. The van der Waals surface area contributed by atoms with Gasteiger partial charge < -0.3 is 14.9 Å². The lowest BCUT2D eigenvalue weighted by Gasteiger charge is -2.07. The number of fused-ring (bicyclic) bond motifs is 2. The summed E-state index contributed by atoms with van der Waals surface area (Å²) in [6, 6.07) is 1.42. The number of aliphatic hydroxyl groups is 1. The number of hydrogen-bond acceptors (Lipinski definition) is 7. The highest BCUT2D eigenvalue weighted by Gasteiger charge is 2.37. The van der Waals surface area contributed by atoms with Gasteiger partial charge in [0.1, 0.15) is 0 Å². The molecule has 0 aliphatic heterocycles. The molecule has 0 unspecified atom stereocenters. The molecule has 23 heavy (non-hydrogen) atoms. The van der Waals surface area contributed by atoms with E-state index in [-0.39, 0.29) is 40.1 Å². The predicted octanol–water partition coefficient (Wildman–Crippen LogP) is 1.32. The first-order chi connectivity index (χ1) is 11.0. The van der Waals surface area contributed by atoms with Gasteiger partial charge in [0, 0.05) is 18.7 Å². The van der Waals surface area contributed by atoms with Crippen molar-refractivity contribution in [1.29, 1.82) is 0 Å². The van der Waals surface area contributed by atoms with Crippen LogP contribution in [-0.4, -0.2) is 40.9 Å². The predicted molar refractivity (Wildman–Crippen MR) is 81.1 cm³/mol.